The molecule has 0 fully saturated rings. The van der Waals surface area contributed by atoms with Crippen molar-refractivity contribution in [3.8, 4) is 0 Å². The Kier molecular flexibility index (Phi) is 5.49. The van der Waals surface area contributed by atoms with Crippen molar-refractivity contribution in [3.63, 3.8) is 0 Å². The number of hydrogen-bond donors (Lipinski definition) is 1. The number of sulfone groups is 1. The first kappa shape index (κ1) is 18.3. The van der Waals surface area contributed by atoms with Gasteiger partial charge in [0.1, 0.15) is 11.1 Å². The molecule has 0 aliphatic heterocycles. The van der Waals surface area contributed by atoms with Crippen molar-refractivity contribution in [2.24, 2.45) is 0 Å². The van der Waals surface area contributed by atoms with Crippen LogP contribution >= 0.6 is 11.3 Å². The Hall–Kier alpha value is -2.51. The second-order valence-corrected chi connectivity index (χ2v) is 8.66. The van der Waals surface area contributed by atoms with Crippen molar-refractivity contribution in [2.45, 2.75) is 10.1 Å². The number of benzene rings is 2. The van der Waals surface area contributed by atoms with Gasteiger partial charge in [0.05, 0.1) is 10.5 Å². The lowest BCUT2D eigenvalue weighted by atomic mass is 10.2. The van der Waals surface area contributed by atoms with Crippen LogP contribution < -0.4 is 5.32 Å². The summed E-state index contributed by atoms with van der Waals surface area (Å²) < 4.78 is 39.8. The Bertz CT molecular complexity index is 987. The van der Waals surface area contributed by atoms with Crippen LogP contribution in [0.1, 0.15) is 20.5 Å². The van der Waals surface area contributed by atoms with Gasteiger partial charge < -0.3 is 5.32 Å². The van der Waals surface area contributed by atoms with E-state index in [9.17, 15) is 17.6 Å². The van der Waals surface area contributed by atoms with Crippen LogP contribution in [-0.2, 0) is 9.84 Å². The Morgan fingerprint density at radius 1 is 1.00 bits per heavy atom. The van der Waals surface area contributed by atoms with E-state index in [-0.39, 0.29) is 17.0 Å². The van der Waals surface area contributed by atoms with E-state index in [1.807, 2.05) is 0 Å². The molecule has 1 N–H and O–H groups in total. The predicted octanol–water partition coefficient (Wildman–Crippen LogP) is 3.83. The molecular weight excluding hydrogens is 373 g/mol. The smallest absolute Gasteiger partial charge is 0.254 e. The first-order valence-electron chi connectivity index (χ1n) is 7.85. The second-order valence-electron chi connectivity index (χ2n) is 5.55. The number of nitrogens with one attached hydrogen (secondary N) is 1. The van der Waals surface area contributed by atoms with Crippen molar-refractivity contribution in [1.82, 2.24) is 5.32 Å². The highest BCUT2D eigenvalue weighted by Crippen LogP contribution is 2.31. The molecule has 0 radical (unpaired) electrons. The number of thiophene rings is 1. The van der Waals surface area contributed by atoms with Crippen LogP contribution in [0.4, 0.5) is 4.39 Å². The molecule has 0 aliphatic rings. The Morgan fingerprint density at radius 3 is 2.35 bits per heavy atom. The third-order valence-electron chi connectivity index (χ3n) is 3.87. The predicted molar refractivity (Wildman–Crippen MR) is 99.4 cm³/mol. The number of carbonyl (C=O) groups excluding carboxylic acids is 1. The van der Waals surface area contributed by atoms with E-state index in [0.717, 1.165) is 0 Å². The molecule has 1 aromatic heterocycles. The third kappa shape index (κ3) is 3.84. The van der Waals surface area contributed by atoms with E-state index in [1.165, 1.54) is 41.7 Å². The molecule has 7 heteroatoms. The maximum absolute atomic E-state index is 13.8. The van der Waals surface area contributed by atoms with E-state index in [2.05, 4.69) is 5.32 Å². The molecule has 2 aromatic carbocycles. The van der Waals surface area contributed by atoms with Gasteiger partial charge in [0.25, 0.3) is 5.91 Å². The Balaban J connectivity index is 1.87. The fraction of sp³-hybridized carbons (Fsp3) is 0.105. The van der Waals surface area contributed by atoms with Crippen molar-refractivity contribution in [3.05, 3.63) is 88.4 Å². The zero-order valence-corrected chi connectivity index (χ0v) is 15.3. The molecule has 0 saturated carbocycles. The van der Waals surface area contributed by atoms with Crippen LogP contribution in [-0.4, -0.2) is 20.9 Å². The molecule has 1 heterocycles. The lowest BCUT2D eigenvalue weighted by Crippen LogP contribution is -2.32. The highest BCUT2D eigenvalue weighted by Gasteiger charge is 2.30. The van der Waals surface area contributed by atoms with Crippen LogP contribution in [0.5, 0.6) is 0 Å². The molecule has 0 aliphatic carbocycles. The minimum Gasteiger partial charge on any atom is -0.350 e. The number of halogens is 1. The maximum atomic E-state index is 13.8. The van der Waals surface area contributed by atoms with Gasteiger partial charge in [0, 0.05) is 11.4 Å². The number of amides is 1. The van der Waals surface area contributed by atoms with E-state index in [1.54, 1.807) is 41.8 Å². The van der Waals surface area contributed by atoms with Gasteiger partial charge in [-0.1, -0.05) is 36.4 Å². The minimum atomic E-state index is -3.71. The summed E-state index contributed by atoms with van der Waals surface area (Å²) in [4.78, 5) is 13.1. The first-order chi connectivity index (χ1) is 12.5. The molecule has 0 saturated heterocycles. The fourth-order valence-corrected chi connectivity index (χ4v) is 5.34. The number of hydrogen-bond acceptors (Lipinski definition) is 4. The molecule has 3 rings (SSSR count). The summed E-state index contributed by atoms with van der Waals surface area (Å²) in [6.45, 7) is -0.148. The lowest BCUT2D eigenvalue weighted by molar-refractivity contribution is 0.0949. The molecule has 0 bridgehead atoms. The standard InChI is InChI=1S/C19H16FNO3S2/c20-16-10-5-4-9-15(16)19(22)21-13-18(17-11-6-12-25-17)26(23,24)14-7-2-1-3-8-14/h1-12,18H,13H2,(H,21,22)/t18-/m0/s1. The first-order valence-corrected chi connectivity index (χ1v) is 10.3. The molecule has 134 valence electrons. The largest absolute Gasteiger partial charge is 0.350 e. The lowest BCUT2D eigenvalue weighted by Gasteiger charge is -2.17. The number of carbonyl (C=O) groups is 1. The molecule has 1 amide bonds. The van der Waals surface area contributed by atoms with E-state index >= 15 is 0 Å². The van der Waals surface area contributed by atoms with Gasteiger partial charge in [-0.15, -0.1) is 11.3 Å². The van der Waals surface area contributed by atoms with Gasteiger partial charge in [0.2, 0.25) is 0 Å². The molecule has 26 heavy (non-hydrogen) atoms. The third-order valence-corrected chi connectivity index (χ3v) is 7.11. The van der Waals surface area contributed by atoms with Crippen LogP contribution in [0, 0.1) is 5.82 Å². The highest BCUT2D eigenvalue weighted by atomic mass is 32.2. The zero-order chi connectivity index (χ0) is 18.6. The van der Waals surface area contributed by atoms with E-state index in [4.69, 9.17) is 0 Å². The summed E-state index contributed by atoms with van der Waals surface area (Å²) in [5.41, 5.74) is -0.116. The molecular formula is C19H16FNO3S2. The van der Waals surface area contributed by atoms with Crippen LogP contribution in [0.25, 0.3) is 0 Å². The van der Waals surface area contributed by atoms with E-state index in [0.29, 0.717) is 4.88 Å². The average molecular weight is 389 g/mol. The van der Waals surface area contributed by atoms with Crippen molar-refractivity contribution >= 4 is 27.1 Å². The topological polar surface area (TPSA) is 63.2 Å². The van der Waals surface area contributed by atoms with E-state index < -0.39 is 26.8 Å². The summed E-state index contributed by atoms with van der Waals surface area (Å²) in [6.07, 6.45) is 0. The minimum absolute atomic E-state index is 0.116. The monoisotopic (exact) mass is 389 g/mol. The van der Waals surface area contributed by atoms with Crippen molar-refractivity contribution in [2.75, 3.05) is 6.54 Å². The average Bonchev–Trinajstić information content (AvgIpc) is 3.17. The molecule has 1 atom stereocenters. The van der Waals surface area contributed by atoms with Gasteiger partial charge >= 0.3 is 0 Å². The number of rotatable bonds is 6. The molecule has 4 nitrogen and oxygen atoms in total. The normalized spacial score (nSPS) is 12.5. The van der Waals surface area contributed by atoms with Crippen LogP contribution in [0.2, 0.25) is 0 Å². The van der Waals surface area contributed by atoms with Gasteiger partial charge in [-0.2, -0.15) is 0 Å². The summed E-state index contributed by atoms with van der Waals surface area (Å²) in [7, 11) is -3.71. The molecule has 0 spiro atoms. The quantitative estimate of drug-likeness (QED) is 0.697. The molecule has 0 unspecified atom stereocenters. The maximum Gasteiger partial charge on any atom is 0.254 e. The van der Waals surface area contributed by atoms with Crippen molar-refractivity contribution < 1.29 is 17.6 Å². The SMILES string of the molecule is O=C(NC[C@@H](c1cccs1)S(=O)(=O)c1ccccc1)c1ccccc1F. The van der Waals surface area contributed by atoms with Gasteiger partial charge in [-0.3, -0.25) is 4.79 Å². The Morgan fingerprint density at radius 2 is 1.69 bits per heavy atom. The van der Waals surface area contributed by atoms with Crippen LogP contribution in [0.15, 0.2) is 77.0 Å². The summed E-state index contributed by atoms with van der Waals surface area (Å²) in [5, 5.41) is 3.39. The Labute approximate surface area is 155 Å². The summed E-state index contributed by atoms with van der Waals surface area (Å²) in [5.74, 6) is -1.29. The fourth-order valence-electron chi connectivity index (χ4n) is 2.54. The van der Waals surface area contributed by atoms with Crippen molar-refractivity contribution in [1.29, 1.82) is 0 Å². The van der Waals surface area contributed by atoms with Gasteiger partial charge in [-0.25, -0.2) is 12.8 Å². The summed E-state index contributed by atoms with van der Waals surface area (Å²) in [6, 6.07) is 17.1. The van der Waals surface area contributed by atoms with Gasteiger partial charge in [0.15, 0.2) is 9.84 Å². The van der Waals surface area contributed by atoms with Crippen LogP contribution in [0.3, 0.4) is 0 Å². The highest BCUT2D eigenvalue weighted by molar-refractivity contribution is 7.91. The summed E-state index contributed by atoms with van der Waals surface area (Å²) >= 11 is 1.30. The van der Waals surface area contributed by atoms with Gasteiger partial charge in [-0.05, 0) is 35.7 Å². The second kappa shape index (κ2) is 7.80. The molecule has 3 aromatic rings. The zero-order valence-electron chi connectivity index (χ0n) is 13.6.